The molecule has 0 atom stereocenters. The van der Waals surface area contributed by atoms with Crippen LogP contribution in [0.1, 0.15) is 11.1 Å². The minimum absolute atomic E-state index is 0.783. The molecule has 1 aliphatic rings. The summed E-state index contributed by atoms with van der Waals surface area (Å²) in [5, 5.41) is 0. The lowest BCUT2D eigenvalue weighted by Crippen LogP contribution is -1.92. The molecule has 1 aliphatic carbocycles. The summed E-state index contributed by atoms with van der Waals surface area (Å²) in [6.07, 6.45) is 1.83. The van der Waals surface area contributed by atoms with Gasteiger partial charge in [-0.3, -0.25) is 0 Å². The van der Waals surface area contributed by atoms with Crippen LogP contribution in [0.25, 0.3) is 5.70 Å². The number of rotatable bonds is 0. The second-order valence-corrected chi connectivity index (χ2v) is 2.95. The van der Waals surface area contributed by atoms with Crippen molar-refractivity contribution in [3.05, 3.63) is 41.5 Å². The summed E-state index contributed by atoms with van der Waals surface area (Å²) in [6, 6.07) is 7.92. The lowest BCUT2D eigenvalue weighted by atomic mass is 10.1. The third kappa shape index (κ3) is 0.870. The summed E-state index contributed by atoms with van der Waals surface area (Å²) in [5.74, 6) is 0. The van der Waals surface area contributed by atoms with Gasteiger partial charge in [-0.25, -0.2) is 0 Å². The molecule has 0 spiro atoms. The van der Waals surface area contributed by atoms with E-state index in [0.717, 1.165) is 21.7 Å². The van der Waals surface area contributed by atoms with Gasteiger partial charge in [-0.05, 0) is 6.08 Å². The van der Waals surface area contributed by atoms with Crippen LogP contribution >= 0.6 is 12.2 Å². The molecule has 54 valence electrons. The van der Waals surface area contributed by atoms with E-state index in [1.807, 2.05) is 30.3 Å². The fourth-order valence-corrected chi connectivity index (χ4v) is 1.55. The summed E-state index contributed by atoms with van der Waals surface area (Å²) >= 11 is 5.09. The van der Waals surface area contributed by atoms with Crippen LogP contribution < -0.4 is 5.73 Å². The first-order valence-corrected chi connectivity index (χ1v) is 3.81. The zero-order chi connectivity index (χ0) is 7.84. The first-order valence-electron chi connectivity index (χ1n) is 3.40. The monoisotopic (exact) mass is 161 g/mol. The summed E-state index contributed by atoms with van der Waals surface area (Å²) in [4.78, 5) is 0.845. The van der Waals surface area contributed by atoms with Crippen LogP contribution in [0.4, 0.5) is 0 Å². The highest BCUT2D eigenvalue weighted by Gasteiger charge is 2.13. The molecule has 0 aliphatic heterocycles. The zero-order valence-corrected chi connectivity index (χ0v) is 6.69. The van der Waals surface area contributed by atoms with Gasteiger partial charge in [-0.2, -0.15) is 0 Å². The summed E-state index contributed by atoms with van der Waals surface area (Å²) in [5.41, 5.74) is 8.64. The average molecular weight is 161 g/mol. The van der Waals surface area contributed by atoms with Crippen molar-refractivity contribution in [2.24, 2.45) is 5.73 Å². The molecule has 0 radical (unpaired) electrons. The van der Waals surface area contributed by atoms with Crippen molar-refractivity contribution >= 4 is 22.8 Å². The summed E-state index contributed by atoms with van der Waals surface area (Å²) in [6.45, 7) is 0. The van der Waals surface area contributed by atoms with Crippen molar-refractivity contribution in [1.29, 1.82) is 0 Å². The van der Waals surface area contributed by atoms with Gasteiger partial charge in [0, 0.05) is 21.7 Å². The van der Waals surface area contributed by atoms with Crippen molar-refractivity contribution in [3.8, 4) is 0 Å². The largest absolute Gasteiger partial charge is 0.398 e. The molecule has 0 aromatic heterocycles. The highest BCUT2D eigenvalue weighted by Crippen LogP contribution is 2.23. The Labute approximate surface area is 70.5 Å². The van der Waals surface area contributed by atoms with Crippen molar-refractivity contribution in [3.63, 3.8) is 0 Å². The molecule has 1 aromatic rings. The molecule has 0 unspecified atom stereocenters. The number of hydrogen-bond donors (Lipinski definition) is 1. The molecule has 0 bridgehead atoms. The van der Waals surface area contributed by atoms with Crippen LogP contribution in [0.5, 0.6) is 0 Å². The molecular weight excluding hydrogens is 154 g/mol. The lowest BCUT2D eigenvalue weighted by molar-refractivity contribution is 1.54. The molecule has 11 heavy (non-hydrogen) atoms. The minimum Gasteiger partial charge on any atom is -0.398 e. The standard InChI is InChI=1S/C9H7NS/c10-8-5-9(11)7-4-2-1-3-6(7)8/h1-5H,10H2. The molecule has 0 amide bonds. The Hall–Kier alpha value is -1.15. The number of hydrogen-bond acceptors (Lipinski definition) is 2. The SMILES string of the molecule is NC1=CC(=S)c2ccccc21. The van der Waals surface area contributed by atoms with E-state index < -0.39 is 0 Å². The molecule has 2 rings (SSSR count). The zero-order valence-electron chi connectivity index (χ0n) is 5.87. The fourth-order valence-electron chi connectivity index (χ4n) is 1.25. The van der Waals surface area contributed by atoms with Gasteiger partial charge in [-0.1, -0.05) is 36.5 Å². The third-order valence-corrected chi connectivity index (χ3v) is 2.13. The van der Waals surface area contributed by atoms with E-state index in [9.17, 15) is 0 Å². The Balaban J connectivity index is 2.71. The van der Waals surface area contributed by atoms with Crippen LogP contribution in [0, 0.1) is 0 Å². The number of benzene rings is 1. The molecule has 1 aromatic carbocycles. The molecule has 0 fully saturated rings. The fraction of sp³-hybridized carbons (Fsp3) is 0. The predicted octanol–water partition coefficient (Wildman–Crippen LogP) is 1.72. The highest BCUT2D eigenvalue weighted by atomic mass is 32.1. The van der Waals surface area contributed by atoms with Crippen LogP contribution in [0.2, 0.25) is 0 Å². The van der Waals surface area contributed by atoms with Gasteiger partial charge in [0.1, 0.15) is 0 Å². The molecule has 0 saturated heterocycles. The van der Waals surface area contributed by atoms with E-state index in [-0.39, 0.29) is 0 Å². The van der Waals surface area contributed by atoms with E-state index in [2.05, 4.69) is 0 Å². The molecule has 1 nitrogen and oxygen atoms in total. The lowest BCUT2D eigenvalue weighted by Gasteiger charge is -1.97. The Bertz CT molecular complexity index is 352. The molecule has 0 heterocycles. The quantitative estimate of drug-likeness (QED) is 0.586. The molecule has 2 N–H and O–H groups in total. The normalized spacial score (nSPS) is 14.5. The van der Waals surface area contributed by atoms with E-state index in [0.29, 0.717) is 0 Å². The second kappa shape index (κ2) is 2.17. The van der Waals surface area contributed by atoms with Gasteiger partial charge < -0.3 is 5.73 Å². The first-order chi connectivity index (χ1) is 5.29. The Morgan fingerprint density at radius 3 is 2.36 bits per heavy atom. The maximum Gasteiger partial charge on any atom is 0.0476 e. The topological polar surface area (TPSA) is 26.0 Å². The van der Waals surface area contributed by atoms with Gasteiger partial charge >= 0.3 is 0 Å². The smallest absolute Gasteiger partial charge is 0.0476 e. The van der Waals surface area contributed by atoms with E-state index in [4.69, 9.17) is 18.0 Å². The summed E-state index contributed by atoms with van der Waals surface area (Å²) < 4.78 is 0. The minimum atomic E-state index is 0.783. The number of fused-ring (bicyclic) bond motifs is 1. The number of allylic oxidation sites excluding steroid dienone is 1. The molecule has 0 saturated carbocycles. The van der Waals surface area contributed by atoms with Crippen LogP contribution in [0.3, 0.4) is 0 Å². The predicted molar refractivity (Wildman–Crippen MR) is 50.3 cm³/mol. The van der Waals surface area contributed by atoms with Crippen LogP contribution in [-0.2, 0) is 0 Å². The van der Waals surface area contributed by atoms with Crippen molar-refractivity contribution < 1.29 is 0 Å². The molecular formula is C9H7NS. The van der Waals surface area contributed by atoms with Crippen LogP contribution in [0.15, 0.2) is 30.3 Å². The van der Waals surface area contributed by atoms with Crippen molar-refractivity contribution in [1.82, 2.24) is 0 Å². The Kier molecular flexibility index (Phi) is 1.29. The van der Waals surface area contributed by atoms with Gasteiger partial charge in [0.2, 0.25) is 0 Å². The van der Waals surface area contributed by atoms with E-state index in [1.54, 1.807) is 0 Å². The highest BCUT2D eigenvalue weighted by molar-refractivity contribution is 7.81. The number of nitrogens with two attached hydrogens (primary N) is 1. The number of thiocarbonyl (C=S) groups is 1. The van der Waals surface area contributed by atoms with Gasteiger partial charge in [0.05, 0.1) is 0 Å². The molecule has 2 heteroatoms. The van der Waals surface area contributed by atoms with Gasteiger partial charge in [-0.15, -0.1) is 0 Å². The average Bonchev–Trinajstić information content (AvgIpc) is 2.30. The maximum absolute atomic E-state index is 5.71. The van der Waals surface area contributed by atoms with Crippen LogP contribution in [-0.4, -0.2) is 4.86 Å². The second-order valence-electron chi connectivity index (χ2n) is 2.51. The van der Waals surface area contributed by atoms with E-state index in [1.165, 1.54) is 0 Å². The maximum atomic E-state index is 5.71. The third-order valence-electron chi connectivity index (χ3n) is 1.79. The van der Waals surface area contributed by atoms with Gasteiger partial charge in [0.15, 0.2) is 0 Å². The first kappa shape index (κ1) is 6.55. The van der Waals surface area contributed by atoms with Gasteiger partial charge in [0.25, 0.3) is 0 Å². The Morgan fingerprint density at radius 1 is 1.09 bits per heavy atom. The summed E-state index contributed by atoms with van der Waals surface area (Å²) in [7, 11) is 0. The van der Waals surface area contributed by atoms with Crippen molar-refractivity contribution in [2.45, 2.75) is 0 Å². The van der Waals surface area contributed by atoms with E-state index >= 15 is 0 Å². The Morgan fingerprint density at radius 2 is 1.73 bits per heavy atom. The van der Waals surface area contributed by atoms with Crippen molar-refractivity contribution in [2.75, 3.05) is 0 Å².